The van der Waals surface area contributed by atoms with Crippen LogP contribution < -0.4 is 4.74 Å². The number of aromatic nitrogens is 3. The van der Waals surface area contributed by atoms with E-state index in [0.29, 0.717) is 13.2 Å². The fraction of sp³-hybridized carbons (Fsp3) is 0.333. The van der Waals surface area contributed by atoms with Gasteiger partial charge < -0.3 is 9.47 Å². The van der Waals surface area contributed by atoms with Crippen molar-refractivity contribution >= 4 is 22.2 Å². The zero-order valence-electron chi connectivity index (χ0n) is 12.0. The van der Waals surface area contributed by atoms with E-state index in [-0.39, 0.29) is 6.10 Å². The normalized spacial score (nSPS) is 12.7. The number of H-pyrrole nitrogens is 1. The fourth-order valence-electron chi connectivity index (χ4n) is 2.06. The second-order valence-corrected chi connectivity index (χ2v) is 5.57. The first kappa shape index (κ1) is 14.0. The summed E-state index contributed by atoms with van der Waals surface area (Å²) in [6.07, 6.45) is 1.83. The fourth-order valence-corrected chi connectivity index (χ4v) is 2.87. The maximum atomic E-state index is 5.78. The number of hydrogen-bond acceptors (Lipinski definition) is 5. The molecule has 6 heteroatoms. The minimum atomic E-state index is 0.0371. The molecule has 2 heterocycles. The Morgan fingerprint density at radius 1 is 1.38 bits per heavy atom. The first-order valence-electron chi connectivity index (χ1n) is 6.88. The molecule has 0 unspecified atom stereocenters. The molecule has 0 amide bonds. The van der Waals surface area contributed by atoms with Crippen molar-refractivity contribution in [1.82, 2.24) is 15.2 Å². The Morgan fingerprint density at radius 2 is 2.29 bits per heavy atom. The molecule has 1 N–H and O–H groups in total. The number of fused-ring (bicyclic) bond motifs is 1. The number of rotatable bonds is 6. The van der Waals surface area contributed by atoms with Crippen LogP contribution in [0.2, 0.25) is 0 Å². The highest BCUT2D eigenvalue weighted by Crippen LogP contribution is 2.23. The molecule has 0 spiro atoms. The van der Waals surface area contributed by atoms with Gasteiger partial charge in [0, 0.05) is 23.4 Å². The van der Waals surface area contributed by atoms with Crippen LogP contribution in [0.15, 0.2) is 29.8 Å². The molecule has 1 aromatic carbocycles. The van der Waals surface area contributed by atoms with Crippen LogP contribution in [0.4, 0.5) is 0 Å². The number of benzene rings is 1. The predicted octanol–water partition coefficient (Wildman–Crippen LogP) is 3.70. The SMILES string of the molecule is CCO[C@@H](C)c1nc(COc2ccc3cn[nH]c3c2)cs1. The van der Waals surface area contributed by atoms with Gasteiger partial charge in [0.25, 0.3) is 0 Å². The van der Waals surface area contributed by atoms with Gasteiger partial charge in [-0.05, 0) is 26.0 Å². The highest BCUT2D eigenvalue weighted by atomic mass is 32.1. The first-order valence-corrected chi connectivity index (χ1v) is 7.76. The van der Waals surface area contributed by atoms with Crippen molar-refractivity contribution in [3.63, 3.8) is 0 Å². The lowest BCUT2D eigenvalue weighted by molar-refractivity contribution is 0.0760. The molecule has 0 fully saturated rings. The Morgan fingerprint density at radius 3 is 3.14 bits per heavy atom. The molecule has 0 aliphatic rings. The Bertz CT molecular complexity index is 722. The third kappa shape index (κ3) is 3.22. The summed E-state index contributed by atoms with van der Waals surface area (Å²) in [4.78, 5) is 4.54. The highest BCUT2D eigenvalue weighted by molar-refractivity contribution is 7.09. The number of thiazole rings is 1. The zero-order chi connectivity index (χ0) is 14.7. The van der Waals surface area contributed by atoms with E-state index in [1.165, 1.54) is 0 Å². The molecular formula is C15H17N3O2S. The smallest absolute Gasteiger partial charge is 0.131 e. The second-order valence-electron chi connectivity index (χ2n) is 4.68. The van der Waals surface area contributed by atoms with Crippen LogP contribution >= 0.6 is 11.3 Å². The van der Waals surface area contributed by atoms with Crippen molar-refractivity contribution in [2.45, 2.75) is 26.6 Å². The summed E-state index contributed by atoms with van der Waals surface area (Å²) >= 11 is 1.60. The number of hydrogen-bond donors (Lipinski definition) is 1. The lowest BCUT2D eigenvalue weighted by atomic mass is 10.2. The molecule has 0 aliphatic heterocycles. The summed E-state index contributed by atoms with van der Waals surface area (Å²) in [5.41, 5.74) is 1.89. The van der Waals surface area contributed by atoms with Gasteiger partial charge in [-0.25, -0.2) is 4.98 Å². The molecule has 0 bridgehead atoms. The van der Waals surface area contributed by atoms with Crippen molar-refractivity contribution in [3.05, 3.63) is 40.5 Å². The van der Waals surface area contributed by atoms with E-state index in [1.807, 2.05) is 37.4 Å². The molecule has 21 heavy (non-hydrogen) atoms. The van der Waals surface area contributed by atoms with Crippen molar-refractivity contribution in [1.29, 1.82) is 0 Å². The summed E-state index contributed by atoms with van der Waals surface area (Å²) in [5, 5.41) is 11.0. The maximum absolute atomic E-state index is 5.78. The van der Waals surface area contributed by atoms with Crippen LogP contribution in [0, 0.1) is 0 Å². The molecule has 110 valence electrons. The molecule has 0 saturated carbocycles. The first-order chi connectivity index (χ1) is 10.3. The number of aromatic amines is 1. The van der Waals surface area contributed by atoms with Gasteiger partial charge in [0.2, 0.25) is 0 Å². The van der Waals surface area contributed by atoms with E-state index in [4.69, 9.17) is 9.47 Å². The van der Waals surface area contributed by atoms with Crippen molar-refractivity contribution in [2.24, 2.45) is 0 Å². The molecule has 3 aromatic rings. The van der Waals surface area contributed by atoms with Gasteiger partial charge in [-0.3, -0.25) is 5.10 Å². The minimum Gasteiger partial charge on any atom is -0.487 e. The van der Waals surface area contributed by atoms with Crippen LogP contribution in [0.25, 0.3) is 10.9 Å². The van der Waals surface area contributed by atoms with E-state index in [1.54, 1.807) is 17.5 Å². The van der Waals surface area contributed by atoms with Gasteiger partial charge >= 0.3 is 0 Å². The van der Waals surface area contributed by atoms with Gasteiger partial charge in [0.15, 0.2) is 0 Å². The molecule has 0 radical (unpaired) electrons. The summed E-state index contributed by atoms with van der Waals surface area (Å²) in [5.74, 6) is 0.805. The Hall–Kier alpha value is -1.92. The predicted molar refractivity (Wildman–Crippen MR) is 82.6 cm³/mol. The van der Waals surface area contributed by atoms with E-state index < -0.39 is 0 Å². The topological polar surface area (TPSA) is 60.0 Å². The molecule has 0 aliphatic carbocycles. The molecule has 0 saturated heterocycles. The zero-order valence-corrected chi connectivity index (χ0v) is 12.8. The van der Waals surface area contributed by atoms with Crippen LogP contribution in [0.1, 0.15) is 30.7 Å². The Kier molecular flexibility index (Phi) is 4.17. The molecule has 3 rings (SSSR count). The van der Waals surface area contributed by atoms with Gasteiger partial charge in [0.05, 0.1) is 17.4 Å². The molecule has 1 atom stereocenters. The van der Waals surface area contributed by atoms with Crippen LogP contribution in [0.3, 0.4) is 0 Å². The summed E-state index contributed by atoms with van der Waals surface area (Å²) in [7, 11) is 0. The van der Waals surface area contributed by atoms with E-state index in [0.717, 1.165) is 27.4 Å². The highest BCUT2D eigenvalue weighted by Gasteiger charge is 2.10. The van der Waals surface area contributed by atoms with Gasteiger partial charge in [0.1, 0.15) is 23.5 Å². The minimum absolute atomic E-state index is 0.0371. The summed E-state index contributed by atoms with van der Waals surface area (Å²) in [6, 6.07) is 5.87. The Balaban J connectivity index is 1.64. The van der Waals surface area contributed by atoms with E-state index in [9.17, 15) is 0 Å². The molecule has 2 aromatic heterocycles. The van der Waals surface area contributed by atoms with Crippen molar-refractivity contribution in [3.8, 4) is 5.75 Å². The van der Waals surface area contributed by atoms with Gasteiger partial charge in [-0.1, -0.05) is 0 Å². The quantitative estimate of drug-likeness (QED) is 0.754. The van der Waals surface area contributed by atoms with E-state index in [2.05, 4.69) is 15.2 Å². The summed E-state index contributed by atoms with van der Waals surface area (Å²) < 4.78 is 11.3. The van der Waals surface area contributed by atoms with Crippen LogP contribution in [-0.2, 0) is 11.3 Å². The monoisotopic (exact) mass is 303 g/mol. The average Bonchev–Trinajstić information content (AvgIpc) is 3.14. The number of ether oxygens (including phenoxy) is 2. The lowest BCUT2D eigenvalue weighted by Crippen LogP contribution is -2.00. The number of nitrogens with zero attached hydrogens (tertiary/aromatic N) is 2. The second kappa shape index (κ2) is 6.24. The Labute approximate surface area is 126 Å². The lowest BCUT2D eigenvalue weighted by Gasteiger charge is -2.07. The third-order valence-corrected chi connectivity index (χ3v) is 4.19. The number of nitrogens with one attached hydrogen (secondary N) is 1. The largest absolute Gasteiger partial charge is 0.487 e. The average molecular weight is 303 g/mol. The van der Waals surface area contributed by atoms with E-state index >= 15 is 0 Å². The van der Waals surface area contributed by atoms with Gasteiger partial charge in [-0.15, -0.1) is 11.3 Å². The molecular weight excluding hydrogens is 286 g/mol. The molecule has 5 nitrogen and oxygen atoms in total. The maximum Gasteiger partial charge on any atom is 0.131 e. The van der Waals surface area contributed by atoms with Crippen LogP contribution in [0.5, 0.6) is 5.75 Å². The summed E-state index contributed by atoms with van der Waals surface area (Å²) in [6.45, 7) is 5.14. The third-order valence-electron chi connectivity index (χ3n) is 3.13. The van der Waals surface area contributed by atoms with Gasteiger partial charge in [-0.2, -0.15) is 5.10 Å². The van der Waals surface area contributed by atoms with Crippen LogP contribution in [-0.4, -0.2) is 21.8 Å². The standard InChI is InChI=1S/C15H17N3O2S/c1-3-19-10(2)15-17-12(9-21-15)8-20-13-5-4-11-7-16-18-14(11)6-13/h4-7,9-10H,3,8H2,1-2H3,(H,16,18)/t10-/m0/s1. The van der Waals surface area contributed by atoms with Crippen molar-refractivity contribution < 1.29 is 9.47 Å². The van der Waals surface area contributed by atoms with Crippen molar-refractivity contribution in [2.75, 3.05) is 6.61 Å².